The van der Waals surface area contributed by atoms with Crippen molar-refractivity contribution in [2.45, 2.75) is 26.3 Å². The van der Waals surface area contributed by atoms with Crippen molar-refractivity contribution in [2.75, 3.05) is 5.75 Å². The summed E-state index contributed by atoms with van der Waals surface area (Å²) in [5.41, 5.74) is 0. The third-order valence-corrected chi connectivity index (χ3v) is 4.92. The average Bonchev–Trinajstić information content (AvgIpc) is 2.50. The van der Waals surface area contributed by atoms with Crippen molar-refractivity contribution in [3.63, 3.8) is 0 Å². The standard InChI is InChI=1S/C9H14ClNO2S2/c1-3-6-15(12,13)11-7(2)8-4-5-9(10)14-8/h4-5,7,11H,3,6H2,1-2H3. The summed E-state index contributed by atoms with van der Waals surface area (Å²) in [4.78, 5) is 0.930. The molecule has 86 valence electrons. The molecule has 0 aliphatic rings. The van der Waals surface area contributed by atoms with Gasteiger partial charge >= 0.3 is 0 Å². The minimum Gasteiger partial charge on any atom is -0.212 e. The number of rotatable bonds is 5. The van der Waals surface area contributed by atoms with Gasteiger partial charge in [-0.15, -0.1) is 11.3 Å². The van der Waals surface area contributed by atoms with E-state index < -0.39 is 10.0 Å². The fraction of sp³-hybridized carbons (Fsp3) is 0.556. The summed E-state index contributed by atoms with van der Waals surface area (Å²) in [6.07, 6.45) is 0.618. The molecule has 0 aliphatic carbocycles. The summed E-state index contributed by atoms with van der Waals surface area (Å²) in [5, 5.41) is 0. The van der Waals surface area contributed by atoms with E-state index in [1.807, 2.05) is 19.9 Å². The van der Waals surface area contributed by atoms with Crippen molar-refractivity contribution in [3.05, 3.63) is 21.3 Å². The van der Waals surface area contributed by atoms with E-state index >= 15 is 0 Å². The van der Waals surface area contributed by atoms with Gasteiger partial charge in [-0.1, -0.05) is 18.5 Å². The number of thiophene rings is 1. The van der Waals surface area contributed by atoms with Crippen molar-refractivity contribution in [2.24, 2.45) is 0 Å². The van der Waals surface area contributed by atoms with E-state index in [1.54, 1.807) is 6.07 Å². The highest BCUT2D eigenvalue weighted by molar-refractivity contribution is 7.89. The van der Waals surface area contributed by atoms with Crippen LogP contribution in [0.4, 0.5) is 0 Å². The number of hydrogen-bond acceptors (Lipinski definition) is 3. The summed E-state index contributed by atoms with van der Waals surface area (Å²) in [5.74, 6) is 0.163. The first-order chi connectivity index (χ1) is 6.94. The molecule has 6 heteroatoms. The second-order valence-corrected chi connectivity index (χ2v) is 6.92. The lowest BCUT2D eigenvalue weighted by molar-refractivity contribution is 0.567. The van der Waals surface area contributed by atoms with Gasteiger partial charge in [0.1, 0.15) is 0 Å². The molecule has 1 unspecified atom stereocenters. The molecule has 1 aromatic rings. The monoisotopic (exact) mass is 267 g/mol. The maximum atomic E-state index is 11.5. The third kappa shape index (κ3) is 4.10. The molecule has 1 rings (SSSR count). The Kier molecular flexibility index (Phi) is 4.58. The molecule has 0 saturated carbocycles. The lowest BCUT2D eigenvalue weighted by Crippen LogP contribution is -2.28. The molecule has 1 aromatic heterocycles. The summed E-state index contributed by atoms with van der Waals surface area (Å²) in [6.45, 7) is 3.65. The van der Waals surface area contributed by atoms with Gasteiger partial charge in [0.25, 0.3) is 0 Å². The average molecular weight is 268 g/mol. The van der Waals surface area contributed by atoms with E-state index in [0.717, 1.165) is 4.88 Å². The van der Waals surface area contributed by atoms with Gasteiger partial charge < -0.3 is 0 Å². The van der Waals surface area contributed by atoms with Crippen LogP contribution in [-0.2, 0) is 10.0 Å². The fourth-order valence-electron chi connectivity index (χ4n) is 1.22. The number of hydrogen-bond donors (Lipinski definition) is 1. The predicted molar refractivity (Wildman–Crippen MR) is 65.0 cm³/mol. The Labute approximate surface area is 99.5 Å². The molecule has 0 saturated heterocycles. The first-order valence-electron chi connectivity index (χ1n) is 4.70. The zero-order chi connectivity index (χ0) is 11.5. The van der Waals surface area contributed by atoms with Crippen LogP contribution in [0.25, 0.3) is 0 Å². The Balaban J connectivity index is 2.67. The quantitative estimate of drug-likeness (QED) is 0.892. The van der Waals surface area contributed by atoms with Crippen LogP contribution in [0.1, 0.15) is 31.2 Å². The SMILES string of the molecule is CCCS(=O)(=O)NC(C)c1ccc(Cl)s1. The van der Waals surface area contributed by atoms with Crippen LogP contribution in [0.5, 0.6) is 0 Å². The Morgan fingerprint density at radius 1 is 1.53 bits per heavy atom. The largest absolute Gasteiger partial charge is 0.212 e. The molecule has 1 N–H and O–H groups in total. The third-order valence-electron chi connectivity index (χ3n) is 1.85. The van der Waals surface area contributed by atoms with Gasteiger partial charge in [-0.25, -0.2) is 13.1 Å². The molecule has 1 heterocycles. The zero-order valence-electron chi connectivity index (χ0n) is 8.66. The van der Waals surface area contributed by atoms with Gasteiger partial charge in [-0.2, -0.15) is 0 Å². The highest BCUT2D eigenvalue weighted by Gasteiger charge is 2.15. The van der Waals surface area contributed by atoms with Crippen LogP contribution < -0.4 is 4.72 Å². The van der Waals surface area contributed by atoms with Gasteiger partial charge in [-0.05, 0) is 25.5 Å². The van der Waals surface area contributed by atoms with Crippen molar-refractivity contribution in [1.82, 2.24) is 4.72 Å². The van der Waals surface area contributed by atoms with E-state index in [1.165, 1.54) is 11.3 Å². The Bertz CT molecular complexity index is 414. The highest BCUT2D eigenvalue weighted by atomic mass is 35.5. The van der Waals surface area contributed by atoms with Crippen molar-refractivity contribution in [3.8, 4) is 0 Å². The summed E-state index contributed by atoms with van der Waals surface area (Å²) >= 11 is 7.17. The van der Waals surface area contributed by atoms with Crippen LogP contribution in [0.3, 0.4) is 0 Å². The Morgan fingerprint density at radius 2 is 2.20 bits per heavy atom. The van der Waals surface area contributed by atoms with Crippen LogP contribution in [0, 0.1) is 0 Å². The van der Waals surface area contributed by atoms with Crippen molar-refractivity contribution in [1.29, 1.82) is 0 Å². The minimum atomic E-state index is -3.16. The van der Waals surface area contributed by atoms with Gasteiger partial charge in [0, 0.05) is 4.88 Å². The molecule has 3 nitrogen and oxygen atoms in total. The second kappa shape index (κ2) is 5.30. The highest BCUT2D eigenvalue weighted by Crippen LogP contribution is 2.26. The molecule has 0 aromatic carbocycles. The van der Waals surface area contributed by atoms with Gasteiger partial charge in [0.15, 0.2) is 0 Å². The van der Waals surface area contributed by atoms with E-state index in [9.17, 15) is 8.42 Å². The summed E-state index contributed by atoms with van der Waals surface area (Å²) in [7, 11) is -3.16. The van der Waals surface area contributed by atoms with Crippen molar-refractivity contribution >= 4 is 33.0 Å². The van der Waals surface area contributed by atoms with E-state index in [-0.39, 0.29) is 11.8 Å². The fourth-order valence-corrected chi connectivity index (χ4v) is 3.67. The van der Waals surface area contributed by atoms with E-state index in [2.05, 4.69) is 4.72 Å². The maximum Gasteiger partial charge on any atom is 0.212 e. The predicted octanol–water partition coefficient (Wildman–Crippen LogP) is 2.79. The minimum absolute atomic E-state index is 0.163. The summed E-state index contributed by atoms with van der Waals surface area (Å²) < 4.78 is 26.2. The van der Waals surface area contributed by atoms with Gasteiger partial charge in [-0.3, -0.25) is 0 Å². The van der Waals surface area contributed by atoms with Crippen LogP contribution >= 0.6 is 22.9 Å². The summed E-state index contributed by atoms with van der Waals surface area (Å²) in [6, 6.07) is 3.40. The maximum absolute atomic E-state index is 11.5. The first kappa shape index (κ1) is 13.0. The van der Waals surface area contributed by atoms with E-state index in [0.29, 0.717) is 10.8 Å². The second-order valence-electron chi connectivity index (χ2n) is 3.30. The van der Waals surface area contributed by atoms with Gasteiger partial charge in [0.05, 0.1) is 16.1 Å². The molecule has 0 bridgehead atoms. The molecule has 0 radical (unpaired) electrons. The smallest absolute Gasteiger partial charge is 0.212 e. The van der Waals surface area contributed by atoms with Crippen LogP contribution in [0.15, 0.2) is 12.1 Å². The Morgan fingerprint density at radius 3 is 2.67 bits per heavy atom. The topological polar surface area (TPSA) is 46.2 Å². The normalized spacial score (nSPS) is 14.1. The molecule has 0 fully saturated rings. The molecule has 15 heavy (non-hydrogen) atoms. The van der Waals surface area contributed by atoms with Crippen LogP contribution in [0.2, 0.25) is 4.34 Å². The molecule has 0 amide bonds. The molecular weight excluding hydrogens is 254 g/mol. The number of sulfonamides is 1. The van der Waals surface area contributed by atoms with Gasteiger partial charge in [0.2, 0.25) is 10.0 Å². The molecule has 0 aliphatic heterocycles. The first-order valence-corrected chi connectivity index (χ1v) is 7.54. The number of halogens is 1. The molecule has 0 spiro atoms. The van der Waals surface area contributed by atoms with Crippen LogP contribution in [-0.4, -0.2) is 14.2 Å². The van der Waals surface area contributed by atoms with Crippen molar-refractivity contribution < 1.29 is 8.42 Å². The van der Waals surface area contributed by atoms with E-state index in [4.69, 9.17) is 11.6 Å². The molecule has 1 atom stereocenters. The number of nitrogens with one attached hydrogen (secondary N) is 1. The Hall–Kier alpha value is -0.100. The zero-order valence-corrected chi connectivity index (χ0v) is 11.0. The molecular formula is C9H14ClNO2S2. The lowest BCUT2D eigenvalue weighted by atomic mass is 10.3. The lowest BCUT2D eigenvalue weighted by Gasteiger charge is -2.11.